The van der Waals surface area contributed by atoms with E-state index in [1.807, 2.05) is 0 Å². The number of hydrogen-bond acceptors (Lipinski definition) is 6. The fourth-order valence-corrected chi connectivity index (χ4v) is 4.65. The van der Waals surface area contributed by atoms with E-state index in [1.54, 1.807) is 7.11 Å². The zero-order valence-electron chi connectivity index (χ0n) is 18.1. The summed E-state index contributed by atoms with van der Waals surface area (Å²) in [6.45, 7) is 9.08. The third-order valence-electron chi connectivity index (χ3n) is 6.26. The van der Waals surface area contributed by atoms with Gasteiger partial charge in [-0.25, -0.2) is 4.79 Å². The van der Waals surface area contributed by atoms with Crippen LogP contribution in [0.25, 0.3) is 0 Å². The number of alkyl carbamates (subject to hydrolysis) is 1. The molecule has 3 rings (SSSR count). The third-order valence-corrected chi connectivity index (χ3v) is 6.26. The lowest BCUT2D eigenvalue weighted by atomic mass is 9.68. The smallest absolute Gasteiger partial charge is 0.407 e. The molecule has 1 saturated carbocycles. The first-order valence-corrected chi connectivity index (χ1v) is 10.4. The SMILES string of the molecule is COC1C(OC(=O)NCCNC(C)=O)CC[C@]2(CO2)C1[C@@]1(C)O[C@@H]1CC=C(C)C. The Bertz CT molecular complexity index is 658. The van der Waals surface area contributed by atoms with E-state index in [4.69, 9.17) is 18.9 Å². The summed E-state index contributed by atoms with van der Waals surface area (Å²) in [7, 11) is 1.65. The van der Waals surface area contributed by atoms with Crippen LogP contribution in [0.1, 0.15) is 47.0 Å². The number of allylic oxidation sites excluding steroid dienone is 1. The topological polar surface area (TPSA) is 102 Å². The minimum absolute atomic E-state index is 0.00138. The van der Waals surface area contributed by atoms with Crippen molar-refractivity contribution in [3.8, 4) is 0 Å². The lowest BCUT2D eigenvalue weighted by Crippen LogP contribution is -2.56. The van der Waals surface area contributed by atoms with Gasteiger partial charge in [-0.15, -0.1) is 0 Å². The molecule has 29 heavy (non-hydrogen) atoms. The van der Waals surface area contributed by atoms with Gasteiger partial charge in [0.2, 0.25) is 5.91 Å². The molecule has 1 aliphatic carbocycles. The summed E-state index contributed by atoms with van der Waals surface area (Å²) >= 11 is 0. The maximum absolute atomic E-state index is 12.2. The largest absolute Gasteiger partial charge is 0.443 e. The highest BCUT2D eigenvalue weighted by Crippen LogP contribution is 2.59. The quantitative estimate of drug-likeness (QED) is 0.360. The Hall–Kier alpha value is -1.64. The van der Waals surface area contributed by atoms with Crippen molar-refractivity contribution in [3.63, 3.8) is 0 Å². The maximum atomic E-state index is 12.2. The summed E-state index contributed by atoms with van der Waals surface area (Å²) in [5, 5.41) is 5.31. The Morgan fingerprint density at radius 3 is 2.48 bits per heavy atom. The van der Waals surface area contributed by atoms with E-state index in [-0.39, 0.29) is 41.3 Å². The average Bonchev–Trinajstić information content (AvgIpc) is 3.56. The van der Waals surface area contributed by atoms with Crippen molar-refractivity contribution < 1.29 is 28.5 Å². The molecule has 0 aromatic rings. The van der Waals surface area contributed by atoms with E-state index < -0.39 is 6.09 Å². The molecule has 0 radical (unpaired) electrons. The van der Waals surface area contributed by atoms with Crippen molar-refractivity contribution in [1.29, 1.82) is 0 Å². The number of rotatable bonds is 8. The Morgan fingerprint density at radius 2 is 1.90 bits per heavy atom. The minimum atomic E-state index is -0.503. The second-order valence-corrected chi connectivity index (χ2v) is 8.73. The molecule has 6 atom stereocenters. The molecule has 3 aliphatic rings. The molecular formula is C21H34N2O6. The van der Waals surface area contributed by atoms with Gasteiger partial charge in [-0.1, -0.05) is 11.6 Å². The molecule has 8 nitrogen and oxygen atoms in total. The van der Waals surface area contributed by atoms with Crippen LogP contribution < -0.4 is 10.6 Å². The van der Waals surface area contributed by atoms with Gasteiger partial charge in [-0.2, -0.15) is 0 Å². The van der Waals surface area contributed by atoms with Gasteiger partial charge < -0.3 is 29.6 Å². The lowest BCUT2D eigenvalue weighted by Gasteiger charge is -2.42. The van der Waals surface area contributed by atoms with E-state index in [0.717, 1.165) is 12.8 Å². The molecule has 0 aromatic carbocycles. The minimum Gasteiger partial charge on any atom is -0.443 e. The number of carbonyl (C=O) groups excluding carboxylic acids is 2. The van der Waals surface area contributed by atoms with Gasteiger partial charge in [0.15, 0.2) is 0 Å². The molecule has 8 heteroatoms. The van der Waals surface area contributed by atoms with Gasteiger partial charge in [-0.05, 0) is 40.0 Å². The van der Waals surface area contributed by atoms with Gasteiger partial charge >= 0.3 is 6.09 Å². The fourth-order valence-electron chi connectivity index (χ4n) is 4.65. The lowest BCUT2D eigenvalue weighted by molar-refractivity contribution is -0.119. The van der Waals surface area contributed by atoms with E-state index in [0.29, 0.717) is 26.1 Å². The van der Waals surface area contributed by atoms with Crippen molar-refractivity contribution in [1.82, 2.24) is 10.6 Å². The summed E-state index contributed by atoms with van der Waals surface area (Å²) in [6.07, 6.45) is 3.50. The predicted octanol–water partition coefficient (Wildman–Crippen LogP) is 1.93. The molecule has 2 heterocycles. The van der Waals surface area contributed by atoms with Crippen molar-refractivity contribution in [3.05, 3.63) is 11.6 Å². The standard InChI is InChI=1S/C21H34N2O6/c1-13(2)6-7-16-20(4,29-16)18-17(26-5)15(8-9-21(18)12-27-21)28-19(25)23-11-10-22-14(3)24/h6,15-18H,7-12H2,1-5H3,(H,22,24)(H,23,25)/t15?,16-,17?,18?,20+,21+/m1/s1. The summed E-state index contributed by atoms with van der Waals surface area (Å²) < 4.78 is 23.6. The molecule has 2 N–H and O–H groups in total. The van der Waals surface area contributed by atoms with Gasteiger partial charge in [0.05, 0.1) is 18.6 Å². The Morgan fingerprint density at radius 1 is 1.21 bits per heavy atom. The highest BCUT2D eigenvalue weighted by molar-refractivity contribution is 5.73. The Labute approximate surface area is 172 Å². The molecule has 0 bridgehead atoms. The van der Waals surface area contributed by atoms with Crippen molar-refractivity contribution >= 4 is 12.0 Å². The van der Waals surface area contributed by atoms with Gasteiger partial charge in [0, 0.05) is 27.1 Å². The summed E-state index contributed by atoms with van der Waals surface area (Å²) in [5.41, 5.74) is 0.675. The number of ether oxygens (including phenoxy) is 4. The Kier molecular flexibility index (Phi) is 6.55. The van der Waals surface area contributed by atoms with Crippen LogP contribution in [-0.4, -0.2) is 68.3 Å². The van der Waals surface area contributed by atoms with E-state index >= 15 is 0 Å². The highest BCUT2D eigenvalue weighted by atomic mass is 16.6. The van der Waals surface area contributed by atoms with Crippen molar-refractivity contribution in [2.24, 2.45) is 5.92 Å². The summed E-state index contributed by atoms with van der Waals surface area (Å²) in [6, 6.07) is 0. The normalized spacial score (nSPS) is 37.6. The number of hydrogen-bond donors (Lipinski definition) is 2. The van der Waals surface area contributed by atoms with Crippen LogP contribution in [0.5, 0.6) is 0 Å². The van der Waals surface area contributed by atoms with Crippen LogP contribution in [-0.2, 0) is 23.7 Å². The molecule has 2 amide bonds. The van der Waals surface area contributed by atoms with Crippen molar-refractivity contribution in [2.45, 2.75) is 76.5 Å². The molecule has 1 spiro atoms. The van der Waals surface area contributed by atoms with E-state index in [9.17, 15) is 9.59 Å². The first-order chi connectivity index (χ1) is 13.7. The van der Waals surface area contributed by atoms with Crippen LogP contribution in [0.3, 0.4) is 0 Å². The zero-order valence-corrected chi connectivity index (χ0v) is 18.1. The average molecular weight is 411 g/mol. The van der Waals surface area contributed by atoms with Crippen LogP contribution in [0.4, 0.5) is 4.79 Å². The van der Waals surface area contributed by atoms with Crippen LogP contribution in [0.2, 0.25) is 0 Å². The molecule has 0 aromatic heterocycles. The van der Waals surface area contributed by atoms with E-state index in [1.165, 1.54) is 12.5 Å². The van der Waals surface area contributed by atoms with Gasteiger partial charge in [0.25, 0.3) is 0 Å². The van der Waals surface area contributed by atoms with Gasteiger partial charge in [-0.3, -0.25) is 4.79 Å². The van der Waals surface area contributed by atoms with Crippen LogP contribution >= 0.6 is 0 Å². The van der Waals surface area contributed by atoms with Crippen molar-refractivity contribution in [2.75, 3.05) is 26.8 Å². The van der Waals surface area contributed by atoms with Crippen LogP contribution in [0, 0.1) is 5.92 Å². The fraction of sp³-hybridized carbons (Fsp3) is 0.810. The summed E-state index contributed by atoms with van der Waals surface area (Å²) in [5.74, 6) is -0.133. The number of epoxide rings is 2. The number of methoxy groups -OCH3 is 1. The second-order valence-electron chi connectivity index (χ2n) is 8.73. The number of amides is 2. The first-order valence-electron chi connectivity index (χ1n) is 10.4. The van der Waals surface area contributed by atoms with Crippen LogP contribution in [0.15, 0.2) is 11.6 Å². The molecule has 3 fully saturated rings. The maximum Gasteiger partial charge on any atom is 0.407 e. The number of nitrogens with one attached hydrogen (secondary N) is 2. The molecule has 2 aliphatic heterocycles. The molecule has 164 valence electrons. The zero-order chi connectivity index (χ0) is 21.2. The molecular weight excluding hydrogens is 376 g/mol. The van der Waals surface area contributed by atoms with Gasteiger partial charge in [0.1, 0.15) is 23.4 Å². The molecule has 2 saturated heterocycles. The highest BCUT2D eigenvalue weighted by Gasteiger charge is 2.72. The Balaban J connectivity index is 1.62. The molecule has 3 unspecified atom stereocenters. The summed E-state index contributed by atoms with van der Waals surface area (Å²) in [4.78, 5) is 23.1. The second kappa shape index (κ2) is 8.62. The third kappa shape index (κ3) is 4.92. The number of carbonyl (C=O) groups is 2. The first kappa shape index (κ1) is 22.1. The predicted molar refractivity (Wildman–Crippen MR) is 106 cm³/mol. The van der Waals surface area contributed by atoms with E-state index in [2.05, 4.69) is 37.5 Å². The monoisotopic (exact) mass is 410 g/mol.